The van der Waals surface area contributed by atoms with E-state index in [1.165, 1.54) is 0 Å². The highest BCUT2D eigenvalue weighted by Crippen LogP contribution is 2.30. The molecule has 192 valence electrons. The molecule has 0 spiro atoms. The quantitative estimate of drug-likeness (QED) is 0.416. The van der Waals surface area contributed by atoms with Gasteiger partial charge in [-0.2, -0.15) is 0 Å². The smallest absolute Gasteiger partial charge is 0.262 e. The molecule has 1 saturated heterocycles. The van der Waals surface area contributed by atoms with Gasteiger partial charge in [0.25, 0.3) is 10.0 Å². The molecule has 1 aliphatic heterocycles. The number of benzene rings is 3. The Morgan fingerprint density at radius 1 is 0.917 bits per heavy atom. The van der Waals surface area contributed by atoms with Crippen LogP contribution in [0, 0.1) is 5.41 Å². The van der Waals surface area contributed by atoms with E-state index >= 15 is 0 Å². The second-order valence-electron chi connectivity index (χ2n) is 9.92. The van der Waals surface area contributed by atoms with Gasteiger partial charge in [0, 0.05) is 59.4 Å². The Hall–Kier alpha value is -3.14. The van der Waals surface area contributed by atoms with E-state index < -0.39 is 15.4 Å². The summed E-state index contributed by atoms with van der Waals surface area (Å²) in [6.45, 7) is 10.5. The molecule has 3 N–H and O–H groups in total. The van der Waals surface area contributed by atoms with Crippen molar-refractivity contribution in [2.75, 3.05) is 54.7 Å². The van der Waals surface area contributed by atoms with Gasteiger partial charge in [0.15, 0.2) is 0 Å². The van der Waals surface area contributed by atoms with E-state index in [0.717, 1.165) is 50.5 Å². The van der Waals surface area contributed by atoms with Crippen LogP contribution in [0.5, 0.6) is 0 Å². The number of rotatable bonds is 8. The molecule has 0 aromatic heterocycles. The van der Waals surface area contributed by atoms with Gasteiger partial charge in [-0.05, 0) is 36.4 Å². The predicted molar refractivity (Wildman–Crippen MR) is 145 cm³/mol. The molecular formula is C27H34N4O4S. The van der Waals surface area contributed by atoms with E-state index in [-0.39, 0.29) is 10.8 Å². The third kappa shape index (κ3) is 6.34. The molecule has 0 unspecified atom stereocenters. The van der Waals surface area contributed by atoms with Crippen molar-refractivity contribution in [2.45, 2.75) is 25.7 Å². The summed E-state index contributed by atoms with van der Waals surface area (Å²) in [6, 6.07) is 17.6. The average Bonchev–Trinajstić information content (AvgIpc) is 2.85. The second-order valence-corrected chi connectivity index (χ2v) is 11.6. The van der Waals surface area contributed by atoms with Crippen molar-refractivity contribution in [3.63, 3.8) is 0 Å². The van der Waals surface area contributed by atoms with Crippen LogP contribution in [0.3, 0.4) is 0 Å². The van der Waals surface area contributed by atoms with Gasteiger partial charge in [0.2, 0.25) is 5.91 Å². The Morgan fingerprint density at radius 2 is 1.56 bits per heavy atom. The Kier molecular flexibility index (Phi) is 7.82. The van der Waals surface area contributed by atoms with Gasteiger partial charge >= 0.3 is 0 Å². The maximum atomic E-state index is 13.3. The topological polar surface area (TPSA) is 99.8 Å². The molecule has 0 saturated carbocycles. The number of nitrogens with one attached hydrogen (secondary N) is 3. The molecular weight excluding hydrogens is 476 g/mol. The molecule has 9 heteroatoms. The van der Waals surface area contributed by atoms with Crippen molar-refractivity contribution < 1.29 is 17.9 Å². The number of fused-ring (bicyclic) bond motifs is 1. The van der Waals surface area contributed by atoms with Crippen LogP contribution >= 0.6 is 0 Å². The highest BCUT2D eigenvalue weighted by Gasteiger charge is 2.22. The van der Waals surface area contributed by atoms with Crippen LogP contribution in [0.1, 0.15) is 20.8 Å². The van der Waals surface area contributed by atoms with Crippen LogP contribution in [0.25, 0.3) is 10.8 Å². The molecule has 0 radical (unpaired) electrons. The van der Waals surface area contributed by atoms with Crippen LogP contribution in [0.15, 0.2) is 65.6 Å². The fourth-order valence-electron chi connectivity index (χ4n) is 3.99. The van der Waals surface area contributed by atoms with Crippen LogP contribution in [-0.4, -0.2) is 58.6 Å². The summed E-state index contributed by atoms with van der Waals surface area (Å²) < 4.78 is 34.7. The first-order valence-electron chi connectivity index (χ1n) is 12.1. The number of amides is 1. The number of nitrogens with zero attached hydrogens (tertiary/aromatic N) is 1. The molecule has 0 bridgehead atoms. The summed E-state index contributed by atoms with van der Waals surface area (Å²) >= 11 is 0. The molecule has 1 aliphatic rings. The fraction of sp³-hybridized carbons (Fsp3) is 0.370. The van der Waals surface area contributed by atoms with Gasteiger partial charge < -0.3 is 15.4 Å². The van der Waals surface area contributed by atoms with Crippen molar-refractivity contribution >= 4 is 43.8 Å². The number of ether oxygens (including phenoxy) is 1. The molecule has 1 heterocycles. The van der Waals surface area contributed by atoms with E-state index in [0.29, 0.717) is 16.8 Å². The van der Waals surface area contributed by atoms with Crippen LogP contribution in [-0.2, 0) is 19.6 Å². The minimum Gasteiger partial charge on any atom is -0.383 e. The van der Waals surface area contributed by atoms with Crippen LogP contribution < -0.4 is 15.4 Å². The number of carbonyl (C=O) groups is 1. The highest BCUT2D eigenvalue weighted by atomic mass is 32.2. The lowest BCUT2D eigenvalue weighted by molar-refractivity contribution is -0.123. The Bertz CT molecular complexity index is 1310. The molecule has 3 aromatic rings. The third-order valence-electron chi connectivity index (χ3n) is 6.09. The molecule has 8 nitrogen and oxygen atoms in total. The largest absolute Gasteiger partial charge is 0.383 e. The van der Waals surface area contributed by atoms with Crippen LogP contribution in [0.2, 0.25) is 0 Å². The molecule has 1 amide bonds. The van der Waals surface area contributed by atoms with Crippen molar-refractivity contribution in [3.05, 3.63) is 60.7 Å². The van der Waals surface area contributed by atoms with Crippen molar-refractivity contribution in [2.24, 2.45) is 5.41 Å². The van der Waals surface area contributed by atoms with E-state index in [1.54, 1.807) is 36.4 Å². The third-order valence-corrected chi connectivity index (χ3v) is 7.53. The van der Waals surface area contributed by atoms with E-state index in [4.69, 9.17) is 4.74 Å². The Balaban J connectivity index is 1.49. The molecule has 0 atom stereocenters. The van der Waals surface area contributed by atoms with Gasteiger partial charge in [-0.25, -0.2) is 8.42 Å². The molecule has 1 fully saturated rings. The fourth-order valence-corrected chi connectivity index (χ4v) is 5.27. The number of hydrogen-bond acceptors (Lipinski definition) is 6. The van der Waals surface area contributed by atoms with E-state index in [1.807, 2.05) is 45.0 Å². The van der Waals surface area contributed by atoms with Gasteiger partial charge in [-0.3, -0.25) is 14.4 Å². The number of anilines is 3. The molecule has 36 heavy (non-hydrogen) atoms. The van der Waals surface area contributed by atoms with Gasteiger partial charge in [0.05, 0.1) is 18.1 Å². The second kappa shape index (κ2) is 10.9. The minimum absolute atomic E-state index is 0.110. The van der Waals surface area contributed by atoms with Gasteiger partial charge in [0.1, 0.15) is 0 Å². The van der Waals surface area contributed by atoms with E-state index in [2.05, 4.69) is 20.3 Å². The first-order chi connectivity index (χ1) is 17.1. The predicted octanol–water partition coefficient (Wildman–Crippen LogP) is 4.37. The molecule has 4 rings (SSSR count). The summed E-state index contributed by atoms with van der Waals surface area (Å²) in [7, 11) is -3.84. The SMILES string of the molecule is CC(C)(C)C(=O)Nc1ccc(NS(=O)(=O)c2cccc3c(NCCN4CCOCC4)cccc23)cc1. The Morgan fingerprint density at radius 3 is 2.25 bits per heavy atom. The Labute approximate surface area is 213 Å². The van der Waals surface area contributed by atoms with Crippen LogP contribution in [0.4, 0.5) is 17.1 Å². The standard InChI is InChI=1S/C27H34N4O4S/c1-27(2,3)26(32)29-20-10-12-21(13-11-20)30-36(33,34)25-9-5-6-22-23(25)7-4-8-24(22)28-14-15-31-16-18-35-19-17-31/h4-13,28,30H,14-19H2,1-3H3,(H,29,32). The summed E-state index contributed by atoms with van der Waals surface area (Å²) in [6.07, 6.45) is 0. The van der Waals surface area contributed by atoms with Crippen molar-refractivity contribution in [3.8, 4) is 0 Å². The monoisotopic (exact) mass is 510 g/mol. The van der Waals surface area contributed by atoms with Crippen molar-refractivity contribution in [1.29, 1.82) is 0 Å². The first-order valence-corrected chi connectivity index (χ1v) is 13.6. The normalized spacial score (nSPS) is 15.0. The maximum Gasteiger partial charge on any atom is 0.262 e. The number of hydrogen-bond donors (Lipinski definition) is 3. The molecule has 3 aromatic carbocycles. The van der Waals surface area contributed by atoms with Gasteiger partial charge in [-0.1, -0.05) is 45.0 Å². The average molecular weight is 511 g/mol. The van der Waals surface area contributed by atoms with Gasteiger partial charge in [-0.15, -0.1) is 0 Å². The zero-order chi connectivity index (χ0) is 25.8. The van der Waals surface area contributed by atoms with E-state index in [9.17, 15) is 13.2 Å². The summed E-state index contributed by atoms with van der Waals surface area (Å²) in [4.78, 5) is 14.8. The molecule has 0 aliphatic carbocycles. The first kappa shape index (κ1) is 25.9. The lowest BCUT2D eigenvalue weighted by Gasteiger charge is -2.26. The van der Waals surface area contributed by atoms with Crippen molar-refractivity contribution in [1.82, 2.24) is 4.90 Å². The number of morpholine rings is 1. The lowest BCUT2D eigenvalue weighted by Crippen LogP contribution is -2.39. The number of sulfonamides is 1. The zero-order valence-corrected chi connectivity index (χ0v) is 21.8. The maximum absolute atomic E-state index is 13.3. The highest BCUT2D eigenvalue weighted by molar-refractivity contribution is 7.93. The lowest BCUT2D eigenvalue weighted by atomic mass is 9.95. The summed E-state index contributed by atoms with van der Waals surface area (Å²) in [5, 5.41) is 7.80. The minimum atomic E-state index is -3.84. The summed E-state index contributed by atoms with van der Waals surface area (Å²) in [5.74, 6) is -0.110. The summed E-state index contributed by atoms with van der Waals surface area (Å²) in [5.41, 5.74) is 1.40. The zero-order valence-electron chi connectivity index (χ0n) is 21.0. The number of carbonyl (C=O) groups excluding carboxylic acids is 1.